The van der Waals surface area contributed by atoms with Crippen molar-refractivity contribution in [1.29, 1.82) is 0 Å². The molecule has 5 nitrogen and oxygen atoms in total. The third-order valence-electron chi connectivity index (χ3n) is 4.10. The van der Waals surface area contributed by atoms with Gasteiger partial charge in [0.15, 0.2) is 11.6 Å². The molecule has 1 heterocycles. The summed E-state index contributed by atoms with van der Waals surface area (Å²) < 4.78 is 18.6. The molecule has 1 fully saturated rings. The van der Waals surface area contributed by atoms with Gasteiger partial charge in [0.2, 0.25) is 11.8 Å². The molecule has 1 aromatic rings. The zero-order valence-electron chi connectivity index (χ0n) is 14.3. The Morgan fingerprint density at radius 1 is 1.25 bits per heavy atom. The van der Waals surface area contributed by atoms with Crippen LogP contribution in [0.1, 0.15) is 19.4 Å². The lowest BCUT2D eigenvalue weighted by atomic mass is 10.2. The predicted molar refractivity (Wildman–Crippen MR) is 92.5 cm³/mol. The molecule has 0 aliphatic carbocycles. The van der Waals surface area contributed by atoms with Crippen molar-refractivity contribution in [2.75, 3.05) is 33.3 Å². The van der Waals surface area contributed by atoms with Crippen LogP contribution in [0.15, 0.2) is 18.2 Å². The minimum Gasteiger partial charge on any atom is -0.494 e. The number of rotatable bonds is 5. The van der Waals surface area contributed by atoms with Gasteiger partial charge in [-0.1, -0.05) is 6.07 Å². The lowest BCUT2D eigenvalue weighted by Gasteiger charge is -2.35. The van der Waals surface area contributed by atoms with Crippen molar-refractivity contribution in [1.82, 2.24) is 9.80 Å². The molecule has 24 heavy (non-hydrogen) atoms. The average Bonchev–Trinajstić information content (AvgIpc) is 2.59. The van der Waals surface area contributed by atoms with Crippen LogP contribution in [-0.2, 0) is 15.3 Å². The number of ether oxygens (including phenoxy) is 1. The summed E-state index contributed by atoms with van der Waals surface area (Å²) in [7, 11) is 1.43. The quantitative estimate of drug-likeness (QED) is 0.813. The molecule has 1 aliphatic rings. The lowest BCUT2D eigenvalue weighted by Crippen LogP contribution is -2.51. The Kier molecular flexibility index (Phi) is 6.48. The molecule has 1 saturated heterocycles. The molecule has 132 valence electrons. The molecule has 1 aliphatic heterocycles. The smallest absolute Gasteiger partial charge is 0.235 e. The number of halogens is 1. The molecule has 0 bridgehead atoms. The highest BCUT2D eigenvalue weighted by molar-refractivity contribution is 7.99. The van der Waals surface area contributed by atoms with Crippen LogP contribution in [0.5, 0.6) is 5.75 Å². The largest absolute Gasteiger partial charge is 0.494 e. The summed E-state index contributed by atoms with van der Waals surface area (Å²) in [6.45, 7) is 5.72. The van der Waals surface area contributed by atoms with Crippen LogP contribution < -0.4 is 4.74 Å². The summed E-state index contributed by atoms with van der Waals surface area (Å²) in [5.74, 6) is 0.496. The van der Waals surface area contributed by atoms with Crippen molar-refractivity contribution in [3.8, 4) is 5.75 Å². The third-order valence-corrected chi connectivity index (χ3v) is 5.30. The summed E-state index contributed by atoms with van der Waals surface area (Å²) in [5.41, 5.74) is 0.819. The first-order chi connectivity index (χ1) is 11.4. The first-order valence-electron chi connectivity index (χ1n) is 7.90. The fourth-order valence-electron chi connectivity index (χ4n) is 2.59. The monoisotopic (exact) mass is 354 g/mol. The summed E-state index contributed by atoms with van der Waals surface area (Å²) in [6, 6.07) is 4.84. The van der Waals surface area contributed by atoms with Gasteiger partial charge in [-0.25, -0.2) is 4.39 Å². The maximum atomic E-state index is 13.7. The minimum atomic E-state index is -0.394. The molecule has 0 N–H and O–H groups in total. The summed E-state index contributed by atoms with van der Waals surface area (Å²) in [6.07, 6.45) is 0. The van der Waals surface area contributed by atoms with Crippen LogP contribution in [0.25, 0.3) is 0 Å². The number of piperazine rings is 1. The molecule has 2 amide bonds. The van der Waals surface area contributed by atoms with E-state index in [1.54, 1.807) is 28.9 Å². The number of thioether (sulfide) groups is 1. The van der Waals surface area contributed by atoms with E-state index in [1.807, 2.05) is 6.92 Å². The van der Waals surface area contributed by atoms with Gasteiger partial charge < -0.3 is 14.5 Å². The highest BCUT2D eigenvalue weighted by Crippen LogP contribution is 2.24. The molecule has 1 atom stereocenters. The minimum absolute atomic E-state index is 0.0473. The van der Waals surface area contributed by atoms with Crippen LogP contribution in [-0.4, -0.2) is 60.2 Å². The van der Waals surface area contributed by atoms with E-state index in [0.29, 0.717) is 31.9 Å². The molecular formula is C17H23FN2O3S. The van der Waals surface area contributed by atoms with Gasteiger partial charge in [0.05, 0.1) is 12.4 Å². The van der Waals surface area contributed by atoms with Gasteiger partial charge in [-0.2, -0.15) is 0 Å². The average molecular weight is 354 g/mol. The molecule has 7 heteroatoms. The van der Waals surface area contributed by atoms with Gasteiger partial charge in [-0.3, -0.25) is 9.59 Å². The Morgan fingerprint density at radius 3 is 2.42 bits per heavy atom. The van der Waals surface area contributed by atoms with Crippen molar-refractivity contribution >= 4 is 23.6 Å². The van der Waals surface area contributed by atoms with Gasteiger partial charge in [0, 0.05) is 38.9 Å². The molecule has 0 aromatic heterocycles. The Morgan fingerprint density at radius 2 is 1.88 bits per heavy atom. The SMILES string of the molecule is COc1ccc(CSC(C)C(=O)N2CCN(C(C)=O)CC2)cc1F. The van der Waals surface area contributed by atoms with E-state index in [4.69, 9.17) is 4.74 Å². The standard InChI is InChI=1S/C17H23FN2O3S/c1-12(17(22)20-8-6-19(7-9-20)13(2)21)24-11-14-4-5-16(23-3)15(18)10-14/h4-5,10,12H,6-9,11H2,1-3H3. The number of carbonyl (C=O) groups excluding carboxylic acids is 2. The second-order valence-electron chi connectivity index (χ2n) is 5.75. The van der Waals surface area contributed by atoms with Gasteiger partial charge >= 0.3 is 0 Å². The second-order valence-corrected chi connectivity index (χ2v) is 7.08. The highest BCUT2D eigenvalue weighted by Gasteiger charge is 2.25. The summed E-state index contributed by atoms with van der Waals surface area (Å²) in [5, 5.41) is -0.209. The molecule has 1 unspecified atom stereocenters. The second kappa shape index (κ2) is 8.37. The number of carbonyl (C=O) groups is 2. The number of hydrogen-bond donors (Lipinski definition) is 0. The highest BCUT2D eigenvalue weighted by atomic mass is 32.2. The maximum absolute atomic E-state index is 13.7. The van der Waals surface area contributed by atoms with E-state index in [-0.39, 0.29) is 22.8 Å². The molecule has 2 rings (SSSR count). The lowest BCUT2D eigenvalue weighted by molar-refractivity contribution is -0.137. The fraction of sp³-hybridized carbons (Fsp3) is 0.529. The summed E-state index contributed by atoms with van der Waals surface area (Å²) in [4.78, 5) is 27.3. The summed E-state index contributed by atoms with van der Waals surface area (Å²) >= 11 is 1.48. The normalized spacial score (nSPS) is 16.0. The molecule has 1 aromatic carbocycles. The van der Waals surface area contributed by atoms with Crippen LogP contribution in [0.2, 0.25) is 0 Å². The zero-order valence-corrected chi connectivity index (χ0v) is 15.1. The van der Waals surface area contributed by atoms with Gasteiger partial charge in [-0.05, 0) is 24.6 Å². The van der Waals surface area contributed by atoms with Crippen LogP contribution in [0.3, 0.4) is 0 Å². The number of nitrogens with zero attached hydrogens (tertiary/aromatic N) is 2. The van der Waals surface area contributed by atoms with E-state index in [9.17, 15) is 14.0 Å². The molecule has 0 radical (unpaired) electrons. The maximum Gasteiger partial charge on any atom is 0.235 e. The van der Waals surface area contributed by atoms with E-state index in [0.717, 1.165) is 5.56 Å². The van der Waals surface area contributed by atoms with Gasteiger partial charge in [0.1, 0.15) is 0 Å². The van der Waals surface area contributed by atoms with Gasteiger partial charge in [0.25, 0.3) is 0 Å². The fourth-order valence-corrected chi connectivity index (χ4v) is 3.50. The van der Waals surface area contributed by atoms with E-state index >= 15 is 0 Å². The van der Waals surface area contributed by atoms with E-state index < -0.39 is 5.82 Å². The van der Waals surface area contributed by atoms with Crippen LogP contribution in [0, 0.1) is 5.82 Å². The Labute approximate surface area is 146 Å². The Balaban J connectivity index is 1.84. The number of hydrogen-bond acceptors (Lipinski definition) is 4. The first kappa shape index (κ1) is 18.6. The van der Waals surface area contributed by atoms with Crippen LogP contribution >= 0.6 is 11.8 Å². The Bertz CT molecular complexity index is 603. The van der Waals surface area contributed by atoms with Gasteiger partial charge in [-0.15, -0.1) is 11.8 Å². The Hall–Kier alpha value is -1.76. The topological polar surface area (TPSA) is 49.9 Å². The van der Waals surface area contributed by atoms with E-state index in [1.165, 1.54) is 24.9 Å². The van der Waals surface area contributed by atoms with E-state index in [2.05, 4.69) is 0 Å². The predicted octanol–water partition coefficient (Wildman–Crippen LogP) is 2.15. The zero-order chi connectivity index (χ0) is 17.7. The first-order valence-corrected chi connectivity index (χ1v) is 8.95. The van der Waals surface area contributed by atoms with Crippen LogP contribution in [0.4, 0.5) is 4.39 Å². The molecule has 0 saturated carbocycles. The van der Waals surface area contributed by atoms with Crippen molar-refractivity contribution < 1.29 is 18.7 Å². The molecular weight excluding hydrogens is 331 g/mol. The third kappa shape index (κ3) is 4.63. The number of benzene rings is 1. The molecule has 0 spiro atoms. The van der Waals surface area contributed by atoms with Crippen molar-refractivity contribution in [3.63, 3.8) is 0 Å². The number of methoxy groups -OCH3 is 1. The van der Waals surface area contributed by atoms with Crippen molar-refractivity contribution in [2.45, 2.75) is 24.9 Å². The number of amides is 2. The van der Waals surface area contributed by atoms with Crippen molar-refractivity contribution in [3.05, 3.63) is 29.6 Å². The van der Waals surface area contributed by atoms with Crippen molar-refractivity contribution in [2.24, 2.45) is 0 Å².